The molecule has 0 spiro atoms. The topological polar surface area (TPSA) is 137 Å². The van der Waals surface area contributed by atoms with Crippen LogP contribution < -0.4 is 0 Å². The summed E-state index contributed by atoms with van der Waals surface area (Å²) in [5.41, 5.74) is -0.443. The Labute approximate surface area is 195 Å². The fourth-order valence-corrected chi connectivity index (χ4v) is 6.19. The molecule has 0 aromatic carbocycles. The van der Waals surface area contributed by atoms with Gasteiger partial charge in [0.15, 0.2) is 5.34 Å². The second-order valence-electron chi connectivity index (χ2n) is 8.91. The van der Waals surface area contributed by atoms with Gasteiger partial charge >= 0.3 is 7.60 Å². The molecule has 2 aliphatic heterocycles. The summed E-state index contributed by atoms with van der Waals surface area (Å²) in [5, 5.41) is 20.8. The van der Waals surface area contributed by atoms with Gasteiger partial charge in [0, 0.05) is 17.4 Å². The number of rotatable bonds is 8. The first-order chi connectivity index (χ1) is 15.4. The molecule has 2 aliphatic rings. The number of pyridine rings is 2. The molecule has 9 nitrogen and oxygen atoms in total. The Morgan fingerprint density at radius 3 is 2.70 bits per heavy atom. The third-order valence-corrected chi connectivity index (χ3v) is 9.27. The SMILES string of the molecule is CCC(C)(CC1OC(c2cc3ccc(F)nc3[nH]c2=S)C(O)C1O)OP(=O)(O)C1(CC)CO1. The molecule has 4 heterocycles. The number of ether oxygens (including phenoxy) is 2. The monoisotopic (exact) mass is 502 g/mol. The van der Waals surface area contributed by atoms with E-state index in [1.165, 1.54) is 12.1 Å². The molecule has 2 aromatic heterocycles. The number of H-pyrrole nitrogens is 1. The van der Waals surface area contributed by atoms with Crippen LogP contribution in [0.4, 0.5) is 4.39 Å². The standard InChI is InChI=1S/C21H28FN2O7PS/c1-4-20(3,31-32(27,28)21(5-2)10-29-21)9-13-15(25)16(26)17(30-13)12-8-11-6-7-14(22)23-18(11)24-19(12)33/h6-8,13,15-17,25-26H,4-5,9-10H2,1-3H3,(H,27,28)(H,23,24,33). The highest BCUT2D eigenvalue weighted by Crippen LogP contribution is 2.66. The van der Waals surface area contributed by atoms with Gasteiger partial charge in [0.2, 0.25) is 5.95 Å². The fraction of sp³-hybridized carbons (Fsp3) is 0.619. The second-order valence-corrected chi connectivity index (χ2v) is 11.4. The van der Waals surface area contributed by atoms with Crippen molar-refractivity contribution in [3.63, 3.8) is 0 Å². The van der Waals surface area contributed by atoms with E-state index in [1.54, 1.807) is 26.8 Å². The first-order valence-corrected chi connectivity index (χ1v) is 12.8. The maximum Gasteiger partial charge on any atom is 0.362 e. The van der Waals surface area contributed by atoms with Gasteiger partial charge in [-0.15, -0.1) is 0 Å². The van der Waals surface area contributed by atoms with Gasteiger partial charge in [-0.2, -0.15) is 4.39 Å². The molecular weight excluding hydrogens is 474 g/mol. The van der Waals surface area contributed by atoms with Crippen molar-refractivity contribution in [3.8, 4) is 0 Å². The highest BCUT2D eigenvalue weighted by atomic mass is 32.1. The van der Waals surface area contributed by atoms with Crippen molar-refractivity contribution in [3.05, 3.63) is 34.4 Å². The second kappa shape index (κ2) is 8.73. The van der Waals surface area contributed by atoms with Crippen LogP contribution in [0.2, 0.25) is 0 Å². The van der Waals surface area contributed by atoms with E-state index in [2.05, 4.69) is 9.97 Å². The summed E-state index contributed by atoms with van der Waals surface area (Å²) in [6.45, 7) is 5.37. The lowest BCUT2D eigenvalue weighted by molar-refractivity contribution is -0.0484. The molecule has 12 heteroatoms. The normalized spacial score (nSPS) is 33.1. The predicted octanol–water partition coefficient (Wildman–Crippen LogP) is 3.49. The van der Waals surface area contributed by atoms with Crippen molar-refractivity contribution >= 4 is 30.8 Å². The predicted molar refractivity (Wildman–Crippen MR) is 120 cm³/mol. The molecule has 0 bridgehead atoms. The van der Waals surface area contributed by atoms with Crippen molar-refractivity contribution in [2.24, 2.45) is 0 Å². The molecule has 0 aliphatic carbocycles. The molecule has 0 radical (unpaired) electrons. The molecule has 0 amide bonds. The first kappa shape index (κ1) is 24.8. The number of aromatic amines is 1. The molecule has 2 fully saturated rings. The summed E-state index contributed by atoms with van der Waals surface area (Å²) in [4.78, 5) is 17.1. The van der Waals surface area contributed by atoms with Crippen molar-refractivity contribution in [1.82, 2.24) is 9.97 Å². The van der Waals surface area contributed by atoms with Crippen LogP contribution in [-0.2, 0) is 18.6 Å². The quantitative estimate of drug-likeness (QED) is 0.185. The minimum atomic E-state index is -4.11. The lowest BCUT2D eigenvalue weighted by Crippen LogP contribution is -2.39. The van der Waals surface area contributed by atoms with E-state index in [-0.39, 0.29) is 23.3 Å². The fourth-order valence-electron chi connectivity index (χ4n) is 4.17. The number of aromatic nitrogens is 2. The number of halogens is 1. The number of hydrogen-bond acceptors (Lipinski definition) is 8. The zero-order valence-corrected chi connectivity index (χ0v) is 20.2. The van der Waals surface area contributed by atoms with Crippen molar-refractivity contribution in [2.45, 2.75) is 75.4 Å². The Morgan fingerprint density at radius 2 is 2.09 bits per heavy atom. The number of hydrogen-bond donors (Lipinski definition) is 4. The van der Waals surface area contributed by atoms with E-state index in [4.69, 9.17) is 26.2 Å². The van der Waals surface area contributed by atoms with Crippen LogP contribution in [0.1, 0.15) is 51.7 Å². The van der Waals surface area contributed by atoms with Gasteiger partial charge in [0.25, 0.3) is 0 Å². The minimum absolute atomic E-state index is 0.0550. The van der Waals surface area contributed by atoms with Crippen LogP contribution >= 0.6 is 19.8 Å². The van der Waals surface area contributed by atoms with E-state index >= 15 is 0 Å². The highest BCUT2D eigenvalue weighted by molar-refractivity contribution is 7.71. The van der Waals surface area contributed by atoms with Crippen LogP contribution in [0.25, 0.3) is 11.0 Å². The first-order valence-electron chi connectivity index (χ1n) is 10.8. The zero-order chi connectivity index (χ0) is 24.2. The summed E-state index contributed by atoms with van der Waals surface area (Å²) in [6, 6.07) is 4.36. The Bertz CT molecular complexity index is 1160. The third-order valence-electron chi connectivity index (χ3n) is 6.64. The number of nitrogens with one attached hydrogen (secondary N) is 1. The Morgan fingerprint density at radius 1 is 1.39 bits per heavy atom. The largest absolute Gasteiger partial charge is 0.388 e. The van der Waals surface area contributed by atoms with E-state index in [0.717, 1.165) is 0 Å². The van der Waals surface area contributed by atoms with Gasteiger partial charge in [0.05, 0.1) is 18.3 Å². The van der Waals surface area contributed by atoms with Crippen molar-refractivity contribution in [2.75, 3.05) is 6.61 Å². The van der Waals surface area contributed by atoms with Gasteiger partial charge in [-0.3, -0.25) is 4.57 Å². The molecule has 7 atom stereocenters. The van der Waals surface area contributed by atoms with Crippen molar-refractivity contribution in [1.29, 1.82) is 0 Å². The molecule has 4 N–H and O–H groups in total. The number of aliphatic hydroxyl groups is 2. The number of epoxide rings is 1. The molecule has 182 valence electrons. The Hall–Kier alpha value is -1.30. The molecule has 4 rings (SSSR count). The Kier molecular flexibility index (Phi) is 6.56. The summed E-state index contributed by atoms with van der Waals surface area (Å²) < 4.78 is 43.5. The van der Waals surface area contributed by atoms with Crippen LogP contribution in [0.5, 0.6) is 0 Å². The summed E-state index contributed by atoms with van der Waals surface area (Å²) >= 11 is 5.36. The number of nitrogens with zero attached hydrogens (tertiary/aromatic N) is 1. The number of fused-ring (bicyclic) bond motifs is 1. The maximum atomic E-state index is 13.4. The third kappa shape index (κ3) is 4.53. The summed E-state index contributed by atoms with van der Waals surface area (Å²) in [5.74, 6) is -0.657. The van der Waals surface area contributed by atoms with E-state index < -0.39 is 48.9 Å². The lowest BCUT2D eigenvalue weighted by Gasteiger charge is -2.35. The maximum absolute atomic E-state index is 13.4. The highest BCUT2D eigenvalue weighted by Gasteiger charge is 2.61. The van der Waals surface area contributed by atoms with Gasteiger partial charge in [-0.25, -0.2) is 4.98 Å². The molecular formula is C21H28FN2O7PS. The average Bonchev–Trinajstić information content (AvgIpc) is 3.52. The molecule has 2 aromatic rings. The van der Waals surface area contributed by atoms with Gasteiger partial charge in [0.1, 0.15) is 28.6 Å². The van der Waals surface area contributed by atoms with Crippen LogP contribution in [-0.4, -0.2) is 60.9 Å². The average molecular weight is 503 g/mol. The molecule has 0 saturated carbocycles. The molecule has 7 unspecified atom stereocenters. The van der Waals surface area contributed by atoms with Crippen molar-refractivity contribution < 1.29 is 38.1 Å². The summed E-state index contributed by atoms with van der Waals surface area (Å²) in [6.07, 6.45) is -3.67. The van der Waals surface area contributed by atoms with Crippen LogP contribution in [0.15, 0.2) is 18.2 Å². The van der Waals surface area contributed by atoms with E-state index in [9.17, 15) is 24.1 Å². The number of aliphatic hydroxyl groups excluding tert-OH is 2. The van der Waals surface area contributed by atoms with Gasteiger partial charge in [-0.05, 0) is 38.0 Å². The molecule has 2 saturated heterocycles. The minimum Gasteiger partial charge on any atom is -0.388 e. The molecule has 33 heavy (non-hydrogen) atoms. The lowest BCUT2D eigenvalue weighted by atomic mass is 9.92. The van der Waals surface area contributed by atoms with E-state index in [1.807, 2.05) is 0 Å². The van der Waals surface area contributed by atoms with Gasteiger partial charge in [-0.1, -0.05) is 26.1 Å². The summed E-state index contributed by atoms with van der Waals surface area (Å²) in [7, 11) is -4.11. The van der Waals surface area contributed by atoms with Crippen LogP contribution in [0.3, 0.4) is 0 Å². The smallest absolute Gasteiger partial charge is 0.362 e. The zero-order valence-electron chi connectivity index (χ0n) is 18.5. The van der Waals surface area contributed by atoms with Gasteiger partial charge < -0.3 is 34.1 Å². The van der Waals surface area contributed by atoms with Crippen LogP contribution in [0, 0.1) is 10.6 Å². The van der Waals surface area contributed by atoms with E-state index in [0.29, 0.717) is 23.8 Å². The Balaban J connectivity index is 1.56.